The van der Waals surface area contributed by atoms with Gasteiger partial charge in [0, 0.05) is 31.7 Å². The number of ether oxygens (including phenoxy) is 2. The van der Waals surface area contributed by atoms with Gasteiger partial charge in [-0.1, -0.05) is 36.4 Å². The molecule has 0 atom stereocenters. The van der Waals surface area contributed by atoms with E-state index in [0.29, 0.717) is 49.8 Å². The molecule has 2 aromatic carbocycles. The standard InChI is InChI=1S/C25H29N7O3/c33-22-7-6-20(16-19-4-2-1-3-5-19)17-21(22)18-26-30-23-27-24(31-8-12-34-13-9-31)29-25(28-23)32-10-14-35-15-11-32/h1-7,17-18,33H,8-16H2,(H,27,28,29,30)/b26-18+. The summed E-state index contributed by atoms with van der Waals surface area (Å²) in [4.78, 5) is 18.0. The Morgan fingerprint density at radius 2 is 1.46 bits per heavy atom. The molecule has 10 heteroatoms. The molecule has 2 N–H and O–H groups in total. The molecule has 2 aliphatic rings. The first-order valence-electron chi connectivity index (χ1n) is 11.8. The molecule has 0 radical (unpaired) electrons. The zero-order valence-electron chi connectivity index (χ0n) is 19.5. The SMILES string of the molecule is Oc1ccc(Cc2ccccc2)cc1/C=N/Nc1nc(N2CCOCC2)nc(N2CCOCC2)n1. The molecule has 0 amide bonds. The molecule has 2 aliphatic heterocycles. The zero-order chi connectivity index (χ0) is 23.9. The van der Waals surface area contributed by atoms with Gasteiger partial charge in [0.2, 0.25) is 17.8 Å². The molecule has 5 rings (SSSR count). The number of nitrogens with one attached hydrogen (secondary N) is 1. The van der Waals surface area contributed by atoms with E-state index in [1.807, 2.05) is 30.3 Å². The van der Waals surface area contributed by atoms with Crippen molar-refractivity contribution in [3.63, 3.8) is 0 Å². The Balaban J connectivity index is 1.34. The fourth-order valence-corrected chi connectivity index (χ4v) is 4.02. The Labute approximate surface area is 204 Å². The Bertz CT molecular complexity index is 1110. The van der Waals surface area contributed by atoms with Crippen LogP contribution >= 0.6 is 0 Å². The van der Waals surface area contributed by atoms with E-state index in [2.05, 4.69) is 42.4 Å². The summed E-state index contributed by atoms with van der Waals surface area (Å²) >= 11 is 0. The molecule has 2 fully saturated rings. The monoisotopic (exact) mass is 475 g/mol. The smallest absolute Gasteiger partial charge is 0.250 e. The van der Waals surface area contributed by atoms with Crippen LogP contribution in [0.5, 0.6) is 5.75 Å². The number of rotatable bonds is 7. The van der Waals surface area contributed by atoms with Crippen LogP contribution in [-0.4, -0.2) is 78.9 Å². The Morgan fingerprint density at radius 3 is 2.09 bits per heavy atom. The predicted molar refractivity (Wildman–Crippen MR) is 134 cm³/mol. The summed E-state index contributed by atoms with van der Waals surface area (Å²) in [6, 6.07) is 15.7. The van der Waals surface area contributed by atoms with Crippen molar-refractivity contribution in [1.29, 1.82) is 0 Å². The van der Waals surface area contributed by atoms with E-state index >= 15 is 0 Å². The number of phenols is 1. The second-order valence-electron chi connectivity index (χ2n) is 8.38. The molecule has 0 spiro atoms. The summed E-state index contributed by atoms with van der Waals surface area (Å²) in [7, 11) is 0. The van der Waals surface area contributed by atoms with Crippen LogP contribution in [0.4, 0.5) is 17.8 Å². The maximum atomic E-state index is 10.3. The molecular formula is C25H29N7O3. The van der Waals surface area contributed by atoms with E-state index in [1.165, 1.54) is 5.56 Å². The Kier molecular flexibility index (Phi) is 7.30. The van der Waals surface area contributed by atoms with Crippen LogP contribution in [0.25, 0.3) is 0 Å². The van der Waals surface area contributed by atoms with Crippen molar-refractivity contribution >= 4 is 24.1 Å². The highest BCUT2D eigenvalue weighted by Crippen LogP contribution is 2.21. The van der Waals surface area contributed by atoms with Crippen LogP contribution in [0.1, 0.15) is 16.7 Å². The number of aromatic hydroxyl groups is 1. The van der Waals surface area contributed by atoms with Crippen molar-refractivity contribution < 1.29 is 14.6 Å². The van der Waals surface area contributed by atoms with Crippen LogP contribution in [0.2, 0.25) is 0 Å². The number of morpholine rings is 2. The molecular weight excluding hydrogens is 446 g/mol. The molecule has 0 bridgehead atoms. The second-order valence-corrected chi connectivity index (χ2v) is 8.38. The van der Waals surface area contributed by atoms with Crippen LogP contribution in [0.3, 0.4) is 0 Å². The summed E-state index contributed by atoms with van der Waals surface area (Å²) in [5, 5.41) is 14.6. The van der Waals surface area contributed by atoms with Gasteiger partial charge < -0.3 is 24.4 Å². The first-order valence-corrected chi connectivity index (χ1v) is 11.8. The summed E-state index contributed by atoms with van der Waals surface area (Å²) in [6.45, 7) is 5.43. The molecule has 3 heterocycles. The molecule has 1 aromatic heterocycles. The number of anilines is 3. The van der Waals surface area contributed by atoms with Crippen molar-refractivity contribution in [2.45, 2.75) is 6.42 Å². The average molecular weight is 476 g/mol. The van der Waals surface area contributed by atoms with Crippen LogP contribution in [0, 0.1) is 0 Å². The third-order valence-electron chi connectivity index (χ3n) is 5.91. The summed E-state index contributed by atoms with van der Waals surface area (Å²) in [6.07, 6.45) is 2.35. The van der Waals surface area contributed by atoms with Gasteiger partial charge in [0.05, 0.1) is 32.6 Å². The minimum Gasteiger partial charge on any atom is -0.507 e. The lowest BCUT2D eigenvalue weighted by Crippen LogP contribution is -2.40. The van der Waals surface area contributed by atoms with Gasteiger partial charge in [0.1, 0.15) is 5.75 Å². The minimum absolute atomic E-state index is 0.158. The fraction of sp³-hybridized carbons (Fsp3) is 0.360. The fourth-order valence-electron chi connectivity index (χ4n) is 4.02. The molecule has 2 saturated heterocycles. The van der Waals surface area contributed by atoms with Crippen LogP contribution in [0.15, 0.2) is 53.6 Å². The summed E-state index contributed by atoms with van der Waals surface area (Å²) in [5.41, 5.74) is 5.83. The van der Waals surface area contributed by atoms with Crippen molar-refractivity contribution in [2.24, 2.45) is 5.10 Å². The first-order chi connectivity index (χ1) is 17.2. The third-order valence-corrected chi connectivity index (χ3v) is 5.91. The molecule has 0 unspecified atom stereocenters. The molecule has 10 nitrogen and oxygen atoms in total. The van der Waals surface area contributed by atoms with Gasteiger partial charge >= 0.3 is 0 Å². The number of aromatic nitrogens is 3. The maximum absolute atomic E-state index is 10.3. The largest absolute Gasteiger partial charge is 0.507 e. The minimum atomic E-state index is 0.158. The average Bonchev–Trinajstić information content (AvgIpc) is 2.92. The van der Waals surface area contributed by atoms with Gasteiger partial charge in [-0.3, -0.25) is 0 Å². The quantitative estimate of drug-likeness (QED) is 0.393. The number of phenolic OH excluding ortho intramolecular Hbond substituents is 1. The first kappa shape index (κ1) is 23.0. The molecule has 35 heavy (non-hydrogen) atoms. The lowest BCUT2D eigenvalue weighted by atomic mass is 10.0. The highest BCUT2D eigenvalue weighted by Gasteiger charge is 2.20. The van der Waals surface area contributed by atoms with Crippen molar-refractivity contribution in [3.8, 4) is 5.75 Å². The summed E-state index contributed by atoms with van der Waals surface area (Å²) in [5.74, 6) is 1.69. The Morgan fingerprint density at radius 1 is 0.829 bits per heavy atom. The predicted octanol–water partition coefficient (Wildman–Crippen LogP) is 2.29. The lowest BCUT2D eigenvalue weighted by molar-refractivity contribution is 0.121. The van der Waals surface area contributed by atoms with Gasteiger partial charge in [-0.15, -0.1) is 0 Å². The van der Waals surface area contributed by atoms with Crippen molar-refractivity contribution in [1.82, 2.24) is 15.0 Å². The number of benzene rings is 2. The zero-order valence-corrected chi connectivity index (χ0v) is 19.5. The highest BCUT2D eigenvalue weighted by atomic mass is 16.5. The topological polar surface area (TPSA) is 108 Å². The van der Waals surface area contributed by atoms with E-state index in [-0.39, 0.29) is 5.75 Å². The van der Waals surface area contributed by atoms with Crippen LogP contribution < -0.4 is 15.2 Å². The van der Waals surface area contributed by atoms with Crippen LogP contribution in [-0.2, 0) is 15.9 Å². The third kappa shape index (κ3) is 6.03. The van der Waals surface area contributed by atoms with Gasteiger partial charge in [0.15, 0.2) is 0 Å². The number of nitrogens with zero attached hydrogens (tertiary/aromatic N) is 6. The molecule has 0 aliphatic carbocycles. The highest BCUT2D eigenvalue weighted by molar-refractivity contribution is 5.84. The van der Waals surface area contributed by atoms with Gasteiger partial charge in [-0.2, -0.15) is 20.1 Å². The lowest BCUT2D eigenvalue weighted by Gasteiger charge is -2.30. The van der Waals surface area contributed by atoms with E-state index in [9.17, 15) is 5.11 Å². The summed E-state index contributed by atoms with van der Waals surface area (Å²) < 4.78 is 10.9. The number of hydrazone groups is 1. The number of hydrogen-bond donors (Lipinski definition) is 2. The van der Waals surface area contributed by atoms with E-state index in [1.54, 1.807) is 12.3 Å². The number of hydrogen-bond acceptors (Lipinski definition) is 10. The van der Waals surface area contributed by atoms with Crippen molar-refractivity contribution in [3.05, 3.63) is 65.2 Å². The van der Waals surface area contributed by atoms with Gasteiger partial charge in [-0.25, -0.2) is 5.43 Å². The van der Waals surface area contributed by atoms with Gasteiger partial charge in [0.25, 0.3) is 0 Å². The van der Waals surface area contributed by atoms with E-state index in [4.69, 9.17) is 14.5 Å². The molecule has 3 aromatic rings. The van der Waals surface area contributed by atoms with Gasteiger partial charge in [-0.05, 0) is 29.7 Å². The molecule has 0 saturated carbocycles. The van der Waals surface area contributed by atoms with Crippen molar-refractivity contribution in [2.75, 3.05) is 67.8 Å². The van der Waals surface area contributed by atoms with E-state index in [0.717, 1.165) is 38.2 Å². The Hall–Kier alpha value is -3.76. The maximum Gasteiger partial charge on any atom is 0.250 e. The normalized spacial score (nSPS) is 16.6. The van der Waals surface area contributed by atoms with E-state index < -0.39 is 0 Å². The molecule has 182 valence electrons. The second kappa shape index (κ2) is 11.1.